The summed E-state index contributed by atoms with van der Waals surface area (Å²) in [6.07, 6.45) is 15.6. The Kier molecular flexibility index (Phi) is 3.04. The van der Waals surface area contributed by atoms with Gasteiger partial charge in [-0.2, -0.15) is 0 Å². The predicted molar refractivity (Wildman–Crippen MR) is 70.0 cm³/mol. The molecule has 2 heterocycles. The van der Waals surface area contributed by atoms with Crippen molar-refractivity contribution in [3.63, 3.8) is 0 Å². The van der Waals surface area contributed by atoms with Gasteiger partial charge in [0.25, 0.3) is 0 Å². The molecule has 90 valence electrons. The van der Waals surface area contributed by atoms with Crippen LogP contribution in [0.4, 0.5) is 0 Å². The summed E-state index contributed by atoms with van der Waals surface area (Å²) < 4.78 is 4.80. The molecule has 1 saturated carbocycles. The van der Waals surface area contributed by atoms with Gasteiger partial charge in [0.05, 0.1) is 12.1 Å². The highest BCUT2D eigenvalue weighted by Crippen LogP contribution is 2.36. The third-order valence-corrected chi connectivity index (χ3v) is 3.96. The van der Waals surface area contributed by atoms with Crippen molar-refractivity contribution in [2.45, 2.75) is 44.2 Å². The Balaban J connectivity index is 1.91. The number of hydrogen-bond donors (Lipinski definition) is 0. The second-order valence-electron chi connectivity index (χ2n) is 5.03. The number of hydrogen-bond acceptors (Lipinski definition) is 0. The molecule has 0 bridgehead atoms. The third-order valence-electron chi connectivity index (χ3n) is 3.96. The first-order valence-corrected chi connectivity index (χ1v) is 6.70. The smallest absolute Gasteiger partial charge is 0.0537 e. The van der Waals surface area contributed by atoms with Gasteiger partial charge < -0.3 is 9.13 Å². The van der Waals surface area contributed by atoms with E-state index in [1.54, 1.807) is 0 Å². The molecule has 2 heteroatoms. The summed E-state index contributed by atoms with van der Waals surface area (Å²) >= 11 is 0. The second kappa shape index (κ2) is 4.82. The molecule has 2 aromatic rings. The highest BCUT2D eigenvalue weighted by atomic mass is 15.1. The Morgan fingerprint density at radius 2 is 1.00 bits per heavy atom. The van der Waals surface area contributed by atoms with Crippen molar-refractivity contribution in [3.05, 3.63) is 49.1 Å². The zero-order chi connectivity index (χ0) is 11.5. The van der Waals surface area contributed by atoms with Crippen LogP contribution in [0.3, 0.4) is 0 Å². The fourth-order valence-corrected chi connectivity index (χ4v) is 3.10. The van der Waals surface area contributed by atoms with Crippen molar-refractivity contribution in [1.29, 1.82) is 0 Å². The van der Waals surface area contributed by atoms with Crippen molar-refractivity contribution < 1.29 is 0 Å². The van der Waals surface area contributed by atoms with Crippen LogP contribution in [0.2, 0.25) is 0 Å². The molecule has 1 aliphatic rings. The van der Waals surface area contributed by atoms with Crippen LogP contribution in [0.5, 0.6) is 0 Å². The van der Waals surface area contributed by atoms with Crippen LogP contribution in [0.1, 0.15) is 44.2 Å². The lowest BCUT2D eigenvalue weighted by Gasteiger charge is -2.28. The van der Waals surface area contributed by atoms with E-state index in [2.05, 4.69) is 58.2 Å². The lowest BCUT2D eigenvalue weighted by atomic mass is 10.0. The normalized spacial score (nSPS) is 25.6. The summed E-state index contributed by atoms with van der Waals surface area (Å²) in [6.45, 7) is 0. The van der Waals surface area contributed by atoms with E-state index in [9.17, 15) is 0 Å². The first-order valence-electron chi connectivity index (χ1n) is 6.70. The molecule has 0 amide bonds. The Morgan fingerprint density at radius 3 is 1.41 bits per heavy atom. The fraction of sp³-hybridized carbons (Fsp3) is 0.467. The zero-order valence-electron chi connectivity index (χ0n) is 10.2. The molecule has 2 unspecified atom stereocenters. The third kappa shape index (κ3) is 2.17. The maximum Gasteiger partial charge on any atom is 0.0537 e. The van der Waals surface area contributed by atoms with Crippen LogP contribution in [0.15, 0.2) is 49.1 Å². The van der Waals surface area contributed by atoms with Gasteiger partial charge in [0.2, 0.25) is 0 Å². The molecule has 0 aromatic carbocycles. The summed E-state index contributed by atoms with van der Waals surface area (Å²) in [5.41, 5.74) is 0. The summed E-state index contributed by atoms with van der Waals surface area (Å²) in [5.74, 6) is 0. The van der Waals surface area contributed by atoms with E-state index in [0.29, 0.717) is 12.1 Å². The topological polar surface area (TPSA) is 9.86 Å². The van der Waals surface area contributed by atoms with Crippen LogP contribution in [-0.4, -0.2) is 9.13 Å². The molecular weight excluding hydrogens is 208 g/mol. The highest BCUT2D eigenvalue weighted by Gasteiger charge is 2.25. The van der Waals surface area contributed by atoms with Crippen molar-refractivity contribution in [2.75, 3.05) is 0 Å². The van der Waals surface area contributed by atoms with Gasteiger partial charge in [-0.3, -0.25) is 0 Å². The number of aromatic nitrogens is 2. The van der Waals surface area contributed by atoms with Gasteiger partial charge in [-0.1, -0.05) is 19.3 Å². The van der Waals surface area contributed by atoms with E-state index in [1.807, 2.05) is 0 Å². The maximum atomic E-state index is 2.40. The summed E-state index contributed by atoms with van der Waals surface area (Å²) in [7, 11) is 0. The average Bonchev–Trinajstić information content (AvgIpc) is 2.99. The largest absolute Gasteiger partial charge is 0.349 e. The molecular formula is C15H20N2. The molecule has 2 atom stereocenters. The second-order valence-corrected chi connectivity index (χ2v) is 5.03. The van der Waals surface area contributed by atoms with Gasteiger partial charge in [-0.25, -0.2) is 0 Å². The Bertz CT molecular complexity index is 385. The van der Waals surface area contributed by atoms with Gasteiger partial charge in [0, 0.05) is 24.8 Å². The minimum Gasteiger partial charge on any atom is -0.349 e. The molecule has 0 saturated heterocycles. The fourth-order valence-electron chi connectivity index (χ4n) is 3.10. The minimum absolute atomic E-state index is 0.625. The molecule has 1 aliphatic carbocycles. The maximum absolute atomic E-state index is 2.40. The van der Waals surface area contributed by atoms with E-state index in [0.717, 1.165) is 0 Å². The lowest BCUT2D eigenvalue weighted by molar-refractivity contribution is 0.309. The molecule has 2 aromatic heterocycles. The standard InChI is InChI=1S/C15H20N2/c1-2-8-14(16-10-4-5-11-16)15(9-3-1)17-12-6-7-13-17/h4-7,10-15H,1-3,8-9H2. The SMILES string of the molecule is c1ccn(C2CCCCCC2n2cccc2)c1. The summed E-state index contributed by atoms with van der Waals surface area (Å²) in [6, 6.07) is 9.80. The van der Waals surface area contributed by atoms with Crippen molar-refractivity contribution in [3.8, 4) is 0 Å². The average molecular weight is 228 g/mol. The van der Waals surface area contributed by atoms with E-state index in [4.69, 9.17) is 0 Å². The number of rotatable bonds is 2. The minimum atomic E-state index is 0.625. The first kappa shape index (κ1) is 10.7. The van der Waals surface area contributed by atoms with Gasteiger partial charge in [0.15, 0.2) is 0 Å². The van der Waals surface area contributed by atoms with Crippen LogP contribution in [-0.2, 0) is 0 Å². The molecule has 3 rings (SSSR count). The Hall–Kier alpha value is -1.44. The van der Waals surface area contributed by atoms with E-state index in [1.165, 1.54) is 32.1 Å². The quantitative estimate of drug-likeness (QED) is 0.687. The van der Waals surface area contributed by atoms with Crippen LogP contribution < -0.4 is 0 Å². The number of nitrogens with zero attached hydrogens (tertiary/aromatic N) is 2. The lowest BCUT2D eigenvalue weighted by Crippen LogP contribution is -2.20. The summed E-state index contributed by atoms with van der Waals surface area (Å²) in [5, 5.41) is 0. The Morgan fingerprint density at radius 1 is 0.588 bits per heavy atom. The molecule has 0 radical (unpaired) electrons. The van der Waals surface area contributed by atoms with Gasteiger partial charge >= 0.3 is 0 Å². The first-order chi connectivity index (χ1) is 8.45. The predicted octanol–water partition coefficient (Wildman–Crippen LogP) is 4.04. The molecule has 1 fully saturated rings. The molecule has 0 aliphatic heterocycles. The molecule has 0 spiro atoms. The molecule has 2 nitrogen and oxygen atoms in total. The van der Waals surface area contributed by atoms with Crippen LogP contribution in [0, 0.1) is 0 Å². The van der Waals surface area contributed by atoms with Crippen LogP contribution >= 0.6 is 0 Å². The summed E-state index contributed by atoms with van der Waals surface area (Å²) in [4.78, 5) is 0. The zero-order valence-corrected chi connectivity index (χ0v) is 10.2. The van der Waals surface area contributed by atoms with Crippen molar-refractivity contribution >= 4 is 0 Å². The van der Waals surface area contributed by atoms with Gasteiger partial charge in [-0.05, 0) is 37.1 Å². The van der Waals surface area contributed by atoms with Gasteiger partial charge in [-0.15, -0.1) is 0 Å². The molecule has 0 N–H and O–H groups in total. The monoisotopic (exact) mass is 228 g/mol. The van der Waals surface area contributed by atoms with E-state index in [-0.39, 0.29) is 0 Å². The Labute approximate surface area is 103 Å². The molecule has 17 heavy (non-hydrogen) atoms. The highest BCUT2D eigenvalue weighted by molar-refractivity contribution is 5.00. The van der Waals surface area contributed by atoms with E-state index < -0.39 is 0 Å². The van der Waals surface area contributed by atoms with Crippen molar-refractivity contribution in [1.82, 2.24) is 9.13 Å². The van der Waals surface area contributed by atoms with Crippen molar-refractivity contribution in [2.24, 2.45) is 0 Å². The van der Waals surface area contributed by atoms with E-state index >= 15 is 0 Å². The van der Waals surface area contributed by atoms with Crippen LogP contribution in [0.25, 0.3) is 0 Å². The van der Waals surface area contributed by atoms with Gasteiger partial charge in [0.1, 0.15) is 0 Å².